The highest BCUT2D eigenvalue weighted by Gasteiger charge is 2.56. The van der Waals surface area contributed by atoms with Crippen LogP contribution in [0.3, 0.4) is 0 Å². The van der Waals surface area contributed by atoms with Crippen LogP contribution < -0.4 is 23.8 Å². The molecule has 3 aromatic rings. The van der Waals surface area contributed by atoms with Crippen molar-refractivity contribution in [1.29, 1.82) is 0 Å². The van der Waals surface area contributed by atoms with E-state index in [1.165, 1.54) is 4.90 Å². The molecule has 2 aliphatic rings. The highest BCUT2D eigenvalue weighted by molar-refractivity contribution is 6.35. The Bertz CT molecular complexity index is 2840. The maximum Gasteiger partial charge on any atom is 0.340 e. The van der Waals surface area contributed by atoms with Gasteiger partial charge in [0.2, 0.25) is 34.0 Å². The summed E-state index contributed by atoms with van der Waals surface area (Å²) >= 11 is 13.6. The molecule has 0 saturated carbocycles. The van der Waals surface area contributed by atoms with Crippen molar-refractivity contribution < 1.29 is 133 Å². The van der Waals surface area contributed by atoms with Gasteiger partial charge in [-0.2, -0.15) is 0 Å². The molecule has 452 valence electrons. The molecule has 0 aromatic heterocycles. The zero-order valence-electron chi connectivity index (χ0n) is 45.3. The first-order chi connectivity index (χ1) is 39.3. The van der Waals surface area contributed by atoms with Crippen molar-refractivity contribution >= 4 is 88.6 Å². The molecule has 0 aliphatic carbocycles. The van der Waals surface area contributed by atoms with E-state index in [9.17, 15) is 47.9 Å². The van der Waals surface area contributed by atoms with Crippen molar-refractivity contribution in [2.24, 2.45) is 0 Å². The van der Waals surface area contributed by atoms with Crippen molar-refractivity contribution in [3.8, 4) is 28.7 Å². The summed E-state index contributed by atoms with van der Waals surface area (Å²) in [7, 11) is 0. The van der Waals surface area contributed by atoms with Crippen molar-refractivity contribution in [2.45, 2.75) is 60.2 Å². The minimum atomic E-state index is -2.54. The Morgan fingerprint density at radius 1 is 0.542 bits per heavy atom. The van der Waals surface area contributed by atoms with Gasteiger partial charge in [0.05, 0.1) is 54.8 Å². The fourth-order valence-corrected chi connectivity index (χ4v) is 7.93. The molecule has 0 saturated heterocycles. The Morgan fingerprint density at radius 2 is 0.976 bits per heavy atom. The first kappa shape index (κ1) is 65.5. The Morgan fingerprint density at radius 3 is 1.42 bits per heavy atom. The van der Waals surface area contributed by atoms with Crippen LogP contribution in [-0.2, 0) is 106 Å². The summed E-state index contributed by atoms with van der Waals surface area (Å²) in [5.74, 6) is -14.5. The van der Waals surface area contributed by atoms with Crippen molar-refractivity contribution in [3.63, 3.8) is 0 Å². The number of hydrogen-bond donors (Lipinski definition) is 0. The highest BCUT2D eigenvalue weighted by atomic mass is 35.5. The second-order valence-corrected chi connectivity index (χ2v) is 18.0. The lowest BCUT2D eigenvalue weighted by Crippen LogP contribution is -2.39. The summed E-state index contributed by atoms with van der Waals surface area (Å²) in [6, 6.07) is 3.77. The van der Waals surface area contributed by atoms with E-state index >= 15 is 8.78 Å². The zero-order chi connectivity index (χ0) is 61.1. The molecule has 0 fully saturated rings. The summed E-state index contributed by atoms with van der Waals surface area (Å²) < 4.78 is 117. The van der Waals surface area contributed by atoms with E-state index in [2.05, 4.69) is 9.47 Å². The van der Waals surface area contributed by atoms with Crippen LogP contribution in [0, 0.1) is 11.6 Å². The SMILES string of the molecule is CC(=O)OCOC(=O)CN(CCOCCOc1cc2c(cc1N(CC(=O)OCOC(C)=O)CC(=O)OCOC(C)C)C(=O)OC21c2cc(F)c(OCOC(C)=O)c(Cl)c2Oc2c1cc(F)c(OCOC(C)=O)c2Cl)CC(=O)OCOC(C)=O. The smallest absolute Gasteiger partial charge is 0.340 e. The van der Waals surface area contributed by atoms with Gasteiger partial charge in [0.1, 0.15) is 35.5 Å². The quantitative estimate of drug-likeness (QED) is 0.0376. The maximum atomic E-state index is 16.5. The van der Waals surface area contributed by atoms with Gasteiger partial charge in [-0.15, -0.1) is 0 Å². The summed E-state index contributed by atoms with van der Waals surface area (Å²) in [5, 5.41) is -1.33. The van der Waals surface area contributed by atoms with Crippen LogP contribution in [0.5, 0.6) is 28.7 Å². The number of fused-ring (bicyclic) bond motifs is 6. The molecule has 28 nitrogen and oxygen atoms in total. The minimum Gasteiger partial charge on any atom is -0.489 e. The molecule has 5 rings (SSSR count). The Balaban J connectivity index is 1.64. The van der Waals surface area contributed by atoms with Crippen LogP contribution >= 0.6 is 23.2 Å². The molecule has 0 radical (unpaired) electrons. The molecule has 1 spiro atoms. The zero-order valence-corrected chi connectivity index (χ0v) is 46.8. The van der Waals surface area contributed by atoms with Gasteiger partial charge in [0, 0.05) is 46.7 Å². The Hall–Kier alpha value is -8.32. The second kappa shape index (κ2) is 30.7. The van der Waals surface area contributed by atoms with Gasteiger partial charge in [0.15, 0.2) is 47.0 Å². The third-order valence-corrected chi connectivity index (χ3v) is 11.6. The van der Waals surface area contributed by atoms with Crippen LogP contribution in [0.25, 0.3) is 0 Å². The summed E-state index contributed by atoms with van der Waals surface area (Å²) in [6.45, 7) is -0.00384. The van der Waals surface area contributed by atoms with Crippen molar-refractivity contribution in [2.75, 3.05) is 98.2 Å². The van der Waals surface area contributed by atoms with E-state index in [0.717, 1.165) is 63.8 Å². The average Bonchev–Trinajstić information content (AvgIpc) is 1.71. The number of carbonyl (C=O) groups excluding carboxylic acids is 10. The van der Waals surface area contributed by atoms with Gasteiger partial charge in [0.25, 0.3) is 0 Å². The first-order valence-electron chi connectivity index (χ1n) is 24.3. The molecule has 0 N–H and O–H groups in total. The van der Waals surface area contributed by atoms with Gasteiger partial charge in [-0.05, 0) is 38.1 Å². The number of rotatable bonds is 31. The topological polar surface area (TPSA) is 325 Å². The van der Waals surface area contributed by atoms with E-state index < -0.39 is 206 Å². The number of ether oxygens (including phenoxy) is 16. The van der Waals surface area contributed by atoms with Crippen molar-refractivity contribution in [3.05, 3.63) is 68.2 Å². The van der Waals surface area contributed by atoms with Gasteiger partial charge >= 0.3 is 59.7 Å². The number of esters is 10. The summed E-state index contributed by atoms with van der Waals surface area (Å²) in [4.78, 5) is 126. The van der Waals surface area contributed by atoms with Gasteiger partial charge in [-0.3, -0.25) is 48.1 Å². The normalized spacial score (nSPS) is 12.3. The van der Waals surface area contributed by atoms with E-state index in [-0.39, 0.29) is 36.8 Å². The molecular formula is C51H54Cl2F2N2O26. The molecule has 83 heavy (non-hydrogen) atoms. The fourth-order valence-electron chi connectivity index (χ4n) is 7.36. The fraction of sp³-hybridized carbons (Fsp3) is 0.451. The molecule has 3 aromatic carbocycles. The molecule has 0 unspecified atom stereocenters. The Labute approximate surface area is 479 Å². The lowest BCUT2D eigenvalue weighted by atomic mass is 9.77. The number of carbonyl (C=O) groups is 10. The van der Waals surface area contributed by atoms with E-state index in [0.29, 0.717) is 0 Å². The molecule has 2 aliphatic heterocycles. The van der Waals surface area contributed by atoms with Gasteiger partial charge in [-0.25, -0.2) is 13.6 Å². The van der Waals surface area contributed by atoms with Crippen LogP contribution in [-0.4, -0.2) is 164 Å². The van der Waals surface area contributed by atoms with E-state index in [1.54, 1.807) is 13.8 Å². The predicted molar refractivity (Wildman–Crippen MR) is 269 cm³/mol. The minimum absolute atomic E-state index is 0.185. The molecule has 0 bridgehead atoms. The summed E-state index contributed by atoms with van der Waals surface area (Å²) in [5.41, 5.74) is -4.33. The van der Waals surface area contributed by atoms with Crippen LogP contribution in [0.15, 0.2) is 24.3 Å². The molecule has 0 amide bonds. The standard InChI is InChI=1S/C51H54Cl2F2N2O26/c1-26(2)70-20-76-42(65)18-57(19-43(66)79-23-73-29(5)60)38-12-32-33(15-39(38)69-11-10-68-9-8-56(16-40(63)77-21-71-27(3)58)17-41(64)78-22-72-28(4)59)51(83-50(32)67)34-13-36(54)48(80-24-74-30(6)61)44(52)46(34)82-47-35(51)14-37(55)49(45(47)53)81-25-75-31(7)62/h12-15,26H,8-11,16-25H2,1-7H3. The van der Waals surface area contributed by atoms with Crippen LogP contribution in [0.1, 0.15) is 75.5 Å². The number of halogens is 4. The third-order valence-electron chi connectivity index (χ3n) is 10.9. The first-order valence-corrected chi connectivity index (χ1v) is 25.1. The lowest BCUT2D eigenvalue weighted by Gasteiger charge is -2.38. The number of benzene rings is 3. The predicted octanol–water partition coefficient (Wildman–Crippen LogP) is 4.26. The molecule has 32 heteroatoms. The van der Waals surface area contributed by atoms with E-state index in [4.69, 9.17) is 89.5 Å². The van der Waals surface area contributed by atoms with Crippen LogP contribution in [0.2, 0.25) is 10.0 Å². The Kier molecular flexibility index (Phi) is 24.2. The molecule has 2 heterocycles. The molecular weight excluding hydrogens is 1170 g/mol. The lowest BCUT2D eigenvalue weighted by molar-refractivity contribution is -0.169. The second-order valence-electron chi connectivity index (χ2n) is 17.3. The van der Waals surface area contributed by atoms with E-state index in [1.807, 2.05) is 0 Å². The van der Waals surface area contributed by atoms with Crippen molar-refractivity contribution in [1.82, 2.24) is 4.90 Å². The largest absolute Gasteiger partial charge is 0.489 e. The highest BCUT2D eigenvalue weighted by Crippen LogP contribution is 2.62. The number of hydrogen-bond acceptors (Lipinski definition) is 28. The summed E-state index contributed by atoms with van der Waals surface area (Å²) in [6.07, 6.45) is -0.396. The monoisotopic (exact) mass is 1220 g/mol. The molecule has 0 atom stereocenters. The maximum absolute atomic E-state index is 16.5. The number of nitrogens with zero attached hydrogens (tertiary/aromatic N) is 2. The third kappa shape index (κ3) is 18.3. The number of anilines is 1. The van der Waals surface area contributed by atoms with Crippen LogP contribution in [0.4, 0.5) is 14.5 Å². The average molecular weight is 1220 g/mol. The van der Waals surface area contributed by atoms with Gasteiger partial charge in [-0.1, -0.05) is 23.2 Å². The van der Waals surface area contributed by atoms with Gasteiger partial charge < -0.3 is 80.7 Å².